The highest BCUT2D eigenvalue weighted by Crippen LogP contribution is 2.39. The highest BCUT2D eigenvalue weighted by Gasteiger charge is 2.23. The summed E-state index contributed by atoms with van der Waals surface area (Å²) in [4.78, 5) is 9.89. The van der Waals surface area contributed by atoms with Crippen molar-refractivity contribution in [1.29, 1.82) is 0 Å². The molecule has 3 rings (SSSR count). The first-order valence-electron chi connectivity index (χ1n) is 9.14. The average Bonchev–Trinajstić information content (AvgIpc) is 2.52. The third-order valence-electron chi connectivity index (χ3n) is 5.93. The van der Waals surface area contributed by atoms with E-state index < -0.39 is 0 Å². The highest BCUT2D eigenvalue weighted by molar-refractivity contribution is 6.08. The molecular weight excluding hydrogens is 304 g/mol. The molecule has 0 bridgehead atoms. The van der Waals surface area contributed by atoms with E-state index in [1.54, 1.807) is 0 Å². The molecular formula is C23H30N2. The van der Waals surface area contributed by atoms with Crippen LogP contribution in [0.5, 0.6) is 0 Å². The van der Waals surface area contributed by atoms with Gasteiger partial charge in [0.1, 0.15) is 5.82 Å². The molecule has 0 amide bonds. The average molecular weight is 335 g/mol. The van der Waals surface area contributed by atoms with Gasteiger partial charge in [0.25, 0.3) is 0 Å². The van der Waals surface area contributed by atoms with Gasteiger partial charge in [0.2, 0.25) is 0 Å². The lowest BCUT2D eigenvalue weighted by atomic mass is 9.85. The Balaban J connectivity index is 2.66. The summed E-state index contributed by atoms with van der Waals surface area (Å²) in [5, 5.41) is 3.99. The van der Waals surface area contributed by atoms with Crippen LogP contribution in [0.25, 0.3) is 21.7 Å². The molecule has 2 heteroatoms. The van der Waals surface area contributed by atoms with Gasteiger partial charge in [-0.3, -0.25) is 0 Å². The minimum absolute atomic E-state index is 0.0532. The van der Waals surface area contributed by atoms with Crippen LogP contribution in [0.2, 0.25) is 0 Å². The molecule has 0 saturated heterocycles. The van der Waals surface area contributed by atoms with Crippen LogP contribution in [-0.2, 0) is 5.41 Å². The molecule has 25 heavy (non-hydrogen) atoms. The predicted molar refractivity (Wildman–Crippen MR) is 109 cm³/mol. The Hall–Kier alpha value is -1.96. The second-order valence-electron chi connectivity index (χ2n) is 8.61. The van der Waals surface area contributed by atoms with E-state index in [9.17, 15) is 0 Å². The molecule has 0 aliphatic carbocycles. The van der Waals surface area contributed by atoms with Crippen LogP contribution in [0.3, 0.4) is 0 Å². The summed E-state index contributed by atoms with van der Waals surface area (Å²) in [6, 6.07) is 0. The number of hydrogen-bond acceptors (Lipinski definition) is 2. The van der Waals surface area contributed by atoms with Gasteiger partial charge in [-0.1, -0.05) is 20.8 Å². The summed E-state index contributed by atoms with van der Waals surface area (Å²) in [6.45, 7) is 22.1. The zero-order valence-electron chi connectivity index (χ0n) is 17.4. The quantitative estimate of drug-likeness (QED) is 0.455. The summed E-state index contributed by atoms with van der Waals surface area (Å²) in [5.74, 6) is 0.928. The maximum absolute atomic E-state index is 5.03. The standard InChI is InChI=1S/C23H30N2/c1-11-12(2)14(4)19-16(6)21-20(15(5)18(19)13(11)3)17(7)24-22(25-21)23(8,9)10/h1-10H3. The van der Waals surface area contributed by atoms with E-state index in [1.165, 1.54) is 49.5 Å². The lowest BCUT2D eigenvalue weighted by Gasteiger charge is -2.23. The maximum Gasteiger partial charge on any atom is 0.134 e. The molecule has 2 aromatic carbocycles. The van der Waals surface area contributed by atoms with Crippen molar-refractivity contribution in [3.05, 3.63) is 44.9 Å². The fourth-order valence-corrected chi connectivity index (χ4v) is 4.12. The van der Waals surface area contributed by atoms with E-state index in [0.717, 1.165) is 17.0 Å². The zero-order chi connectivity index (χ0) is 18.8. The van der Waals surface area contributed by atoms with Crippen LogP contribution < -0.4 is 0 Å². The molecule has 132 valence electrons. The van der Waals surface area contributed by atoms with Gasteiger partial charge < -0.3 is 0 Å². The molecule has 1 heterocycles. The van der Waals surface area contributed by atoms with Gasteiger partial charge in [-0.25, -0.2) is 9.97 Å². The van der Waals surface area contributed by atoms with Gasteiger partial charge >= 0.3 is 0 Å². The van der Waals surface area contributed by atoms with Crippen LogP contribution >= 0.6 is 0 Å². The first-order chi connectivity index (χ1) is 11.5. The molecule has 0 fully saturated rings. The van der Waals surface area contributed by atoms with Crippen molar-refractivity contribution in [2.45, 2.75) is 74.7 Å². The topological polar surface area (TPSA) is 25.8 Å². The second kappa shape index (κ2) is 5.52. The van der Waals surface area contributed by atoms with Crippen LogP contribution in [0.15, 0.2) is 0 Å². The molecule has 0 spiro atoms. The van der Waals surface area contributed by atoms with Gasteiger partial charge in [0.15, 0.2) is 0 Å². The number of nitrogens with zero attached hydrogens (tertiary/aromatic N) is 2. The Morgan fingerprint density at radius 2 is 1.00 bits per heavy atom. The fourth-order valence-electron chi connectivity index (χ4n) is 4.12. The number of rotatable bonds is 0. The van der Waals surface area contributed by atoms with Crippen LogP contribution in [-0.4, -0.2) is 9.97 Å². The second-order valence-corrected chi connectivity index (χ2v) is 8.61. The SMILES string of the molecule is Cc1c(C)c(C)c2c(C)c3c(C)nc(C(C)(C)C)nc3c(C)c2c1C. The molecule has 3 aromatic rings. The third kappa shape index (κ3) is 2.46. The molecule has 0 N–H and O–H groups in total. The van der Waals surface area contributed by atoms with E-state index in [1.807, 2.05) is 0 Å². The largest absolute Gasteiger partial charge is 0.237 e. The van der Waals surface area contributed by atoms with Crippen molar-refractivity contribution in [3.63, 3.8) is 0 Å². The van der Waals surface area contributed by atoms with E-state index in [2.05, 4.69) is 69.2 Å². The number of fused-ring (bicyclic) bond motifs is 2. The van der Waals surface area contributed by atoms with Crippen molar-refractivity contribution in [3.8, 4) is 0 Å². The molecule has 0 aliphatic heterocycles. The molecule has 0 radical (unpaired) electrons. The number of aryl methyl sites for hydroxylation is 5. The Labute approximate surface area is 151 Å². The van der Waals surface area contributed by atoms with Gasteiger partial charge in [-0.05, 0) is 92.6 Å². The lowest BCUT2D eigenvalue weighted by Crippen LogP contribution is -2.17. The van der Waals surface area contributed by atoms with Crippen molar-refractivity contribution >= 4 is 21.7 Å². The molecule has 0 atom stereocenters. The van der Waals surface area contributed by atoms with Crippen LogP contribution in [0.4, 0.5) is 0 Å². The summed E-state index contributed by atoms with van der Waals surface area (Å²) >= 11 is 0. The minimum atomic E-state index is -0.0532. The number of hydrogen-bond donors (Lipinski definition) is 0. The Morgan fingerprint density at radius 1 is 0.520 bits per heavy atom. The van der Waals surface area contributed by atoms with Gasteiger partial charge in [-0.15, -0.1) is 0 Å². The predicted octanol–water partition coefficient (Wildman–Crippen LogP) is 6.24. The highest BCUT2D eigenvalue weighted by atomic mass is 14.9. The zero-order valence-corrected chi connectivity index (χ0v) is 17.4. The third-order valence-corrected chi connectivity index (χ3v) is 5.93. The smallest absolute Gasteiger partial charge is 0.134 e. The van der Waals surface area contributed by atoms with Gasteiger partial charge in [0.05, 0.1) is 5.52 Å². The van der Waals surface area contributed by atoms with Crippen LogP contribution in [0.1, 0.15) is 65.7 Å². The van der Waals surface area contributed by atoms with Crippen molar-refractivity contribution in [1.82, 2.24) is 9.97 Å². The van der Waals surface area contributed by atoms with E-state index >= 15 is 0 Å². The molecule has 0 aliphatic rings. The summed E-state index contributed by atoms with van der Waals surface area (Å²) < 4.78 is 0. The van der Waals surface area contributed by atoms with Crippen LogP contribution in [0, 0.1) is 48.5 Å². The number of aromatic nitrogens is 2. The Kier molecular flexibility index (Phi) is 3.94. The summed E-state index contributed by atoms with van der Waals surface area (Å²) in [5.41, 5.74) is 10.3. The van der Waals surface area contributed by atoms with Gasteiger partial charge in [0, 0.05) is 16.5 Å². The molecule has 0 saturated carbocycles. The minimum Gasteiger partial charge on any atom is -0.237 e. The Bertz CT molecular complexity index is 1030. The van der Waals surface area contributed by atoms with E-state index in [-0.39, 0.29) is 5.41 Å². The molecule has 1 aromatic heterocycles. The Morgan fingerprint density at radius 3 is 1.48 bits per heavy atom. The van der Waals surface area contributed by atoms with Crippen molar-refractivity contribution < 1.29 is 0 Å². The maximum atomic E-state index is 5.03. The fraction of sp³-hybridized carbons (Fsp3) is 0.478. The molecule has 0 unspecified atom stereocenters. The van der Waals surface area contributed by atoms with Crippen molar-refractivity contribution in [2.75, 3.05) is 0 Å². The first-order valence-corrected chi connectivity index (χ1v) is 9.14. The molecule has 2 nitrogen and oxygen atoms in total. The normalized spacial score (nSPS) is 12.4. The van der Waals surface area contributed by atoms with E-state index in [4.69, 9.17) is 9.97 Å². The number of benzene rings is 2. The summed E-state index contributed by atoms with van der Waals surface area (Å²) in [7, 11) is 0. The summed E-state index contributed by atoms with van der Waals surface area (Å²) in [6.07, 6.45) is 0. The first kappa shape index (κ1) is 17.8. The van der Waals surface area contributed by atoms with E-state index in [0.29, 0.717) is 0 Å². The van der Waals surface area contributed by atoms with Gasteiger partial charge in [-0.2, -0.15) is 0 Å². The van der Waals surface area contributed by atoms with Crippen molar-refractivity contribution in [2.24, 2.45) is 0 Å². The lowest BCUT2D eigenvalue weighted by molar-refractivity contribution is 0.546. The monoisotopic (exact) mass is 334 g/mol.